The first-order valence-corrected chi connectivity index (χ1v) is 9.98. The molecule has 2 aromatic carbocycles. The molecule has 1 fully saturated rings. The first kappa shape index (κ1) is 20.1. The summed E-state index contributed by atoms with van der Waals surface area (Å²) in [5.41, 5.74) is 2.31. The molecule has 0 aliphatic carbocycles. The third kappa shape index (κ3) is 5.92. The fourth-order valence-corrected chi connectivity index (χ4v) is 3.64. The zero-order chi connectivity index (χ0) is 19.8. The normalized spacial score (nSPS) is 15.8. The Balaban J connectivity index is 1.49. The van der Waals surface area contributed by atoms with Crippen molar-refractivity contribution in [3.63, 3.8) is 0 Å². The van der Waals surface area contributed by atoms with Crippen LogP contribution in [0.1, 0.15) is 30.5 Å². The van der Waals surface area contributed by atoms with Gasteiger partial charge in [-0.3, -0.25) is 14.5 Å². The highest BCUT2D eigenvalue weighted by molar-refractivity contribution is 5.79. The molecule has 0 radical (unpaired) electrons. The van der Waals surface area contributed by atoms with E-state index in [4.69, 9.17) is 0 Å². The van der Waals surface area contributed by atoms with Gasteiger partial charge in [-0.05, 0) is 17.5 Å². The van der Waals surface area contributed by atoms with E-state index in [1.165, 1.54) is 12.5 Å². The molecule has 1 heterocycles. The van der Waals surface area contributed by atoms with Crippen LogP contribution >= 0.6 is 0 Å². The molecule has 0 spiro atoms. The predicted octanol–water partition coefficient (Wildman–Crippen LogP) is 2.64. The lowest BCUT2D eigenvalue weighted by Crippen LogP contribution is -2.49. The predicted molar refractivity (Wildman–Crippen MR) is 111 cm³/mol. The van der Waals surface area contributed by atoms with Gasteiger partial charge in [0.05, 0.1) is 12.5 Å². The van der Waals surface area contributed by atoms with Gasteiger partial charge in [-0.2, -0.15) is 0 Å². The fourth-order valence-electron chi connectivity index (χ4n) is 3.64. The van der Waals surface area contributed by atoms with Crippen LogP contribution in [0.5, 0.6) is 0 Å². The SMILES string of the molecule is CC(=O)NC(CC(=O)N1CCN(CCc2ccccc2)CC1)c1ccccc1. The van der Waals surface area contributed by atoms with E-state index < -0.39 is 0 Å². The maximum atomic E-state index is 12.8. The fraction of sp³-hybridized carbons (Fsp3) is 0.391. The number of piperazine rings is 1. The lowest BCUT2D eigenvalue weighted by atomic mass is 10.0. The number of carbonyl (C=O) groups excluding carboxylic acids is 2. The molecule has 0 bridgehead atoms. The van der Waals surface area contributed by atoms with Gasteiger partial charge in [0, 0.05) is 39.6 Å². The van der Waals surface area contributed by atoms with Gasteiger partial charge in [-0.25, -0.2) is 0 Å². The van der Waals surface area contributed by atoms with E-state index in [0.717, 1.165) is 44.7 Å². The molecule has 0 saturated carbocycles. The standard InChI is InChI=1S/C23H29N3O2/c1-19(27)24-22(21-10-6-3-7-11-21)18-23(28)26-16-14-25(15-17-26)13-12-20-8-4-2-5-9-20/h2-11,22H,12-18H2,1H3,(H,24,27). The third-order valence-corrected chi connectivity index (χ3v) is 5.24. The Morgan fingerprint density at radius 3 is 2.14 bits per heavy atom. The van der Waals surface area contributed by atoms with Crippen molar-refractivity contribution in [1.29, 1.82) is 0 Å². The summed E-state index contributed by atoms with van der Waals surface area (Å²) in [6, 6.07) is 19.9. The zero-order valence-corrected chi connectivity index (χ0v) is 16.5. The highest BCUT2D eigenvalue weighted by atomic mass is 16.2. The van der Waals surface area contributed by atoms with E-state index in [0.29, 0.717) is 6.42 Å². The van der Waals surface area contributed by atoms with Gasteiger partial charge in [0.2, 0.25) is 11.8 Å². The van der Waals surface area contributed by atoms with Gasteiger partial charge in [0.15, 0.2) is 0 Å². The smallest absolute Gasteiger partial charge is 0.225 e. The van der Waals surface area contributed by atoms with Crippen molar-refractivity contribution in [1.82, 2.24) is 15.1 Å². The van der Waals surface area contributed by atoms with Crippen molar-refractivity contribution in [2.24, 2.45) is 0 Å². The Kier molecular flexibility index (Phi) is 7.20. The molecule has 3 rings (SSSR count). The van der Waals surface area contributed by atoms with Gasteiger partial charge >= 0.3 is 0 Å². The van der Waals surface area contributed by atoms with Crippen LogP contribution in [0.2, 0.25) is 0 Å². The number of nitrogens with one attached hydrogen (secondary N) is 1. The van der Waals surface area contributed by atoms with Gasteiger partial charge in [-0.1, -0.05) is 60.7 Å². The molecule has 1 N–H and O–H groups in total. The molecule has 28 heavy (non-hydrogen) atoms. The van der Waals surface area contributed by atoms with Crippen LogP contribution in [0.3, 0.4) is 0 Å². The van der Waals surface area contributed by atoms with E-state index in [1.54, 1.807) is 0 Å². The molecule has 5 nitrogen and oxygen atoms in total. The average Bonchev–Trinajstić information content (AvgIpc) is 2.73. The molecule has 1 saturated heterocycles. The molecule has 1 unspecified atom stereocenters. The molecule has 5 heteroatoms. The molecule has 1 aliphatic rings. The van der Waals surface area contributed by atoms with Crippen LogP contribution in [0.15, 0.2) is 60.7 Å². The van der Waals surface area contributed by atoms with Crippen LogP contribution < -0.4 is 5.32 Å². The average molecular weight is 380 g/mol. The number of rotatable bonds is 7. The number of nitrogens with zero attached hydrogens (tertiary/aromatic N) is 2. The van der Waals surface area contributed by atoms with Gasteiger partial charge < -0.3 is 10.2 Å². The molecule has 1 atom stereocenters. The highest BCUT2D eigenvalue weighted by Crippen LogP contribution is 2.18. The zero-order valence-electron chi connectivity index (χ0n) is 16.5. The molecular weight excluding hydrogens is 350 g/mol. The summed E-state index contributed by atoms with van der Waals surface area (Å²) in [5, 5.41) is 2.92. The monoisotopic (exact) mass is 379 g/mol. The largest absolute Gasteiger partial charge is 0.349 e. The number of carbonyl (C=O) groups is 2. The summed E-state index contributed by atoms with van der Waals surface area (Å²) in [4.78, 5) is 28.7. The van der Waals surface area contributed by atoms with Crippen LogP contribution in [0.4, 0.5) is 0 Å². The van der Waals surface area contributed by atoms with Crippen molar-refractivity contribution >= 4 is 11.8 Å². The van der Waals surface area contributed by atoms with Gasteiger partial charge in [0.25, 0.3) is 0 Å². The second kappa shape index (κ2) is 10.0. The van der Waals surface area contributed by atoms with Crippen LogP contribution in [0.25, 0.3) is 0 Å². The van der Waals surface area contributed by atoms with Crippen molar-refractivity contribution in [3.8, 4) is 0 Å². The molecule has 148 valence electrons. The molecule has 2 amide bonds. The van der Waals surface area contributed by atoms with E-state index >= 15 is 0 Å². The number of hydrogen-bond donors (Lipinski definition) is 1. The van der Waals surface area contributed by atoms with Crippen molar-refractivity contribution in [3.05, 3.63) is 71.8 Å². The minimum absolute atomic E-state index is 0.102. The summed E-state index contributed by atoms with van der Waals surface area (Å²) in [5.74, 6) is -0.0160. The molecule has 0 aromatic heterocycles. The van der Waals surface area contributed by atoms with Gasteiger partial charge in [-0.15, -0.1) is 0 Å². The molecule has 2 aromatic rings. The number of amides is 2. The van der Waals surface area contributed by atoms with Crippen LogP contribution in [-0.2, 0) is 16.0 Å². The lowest BCUT2D eigenvalue weighted by molar-refractivity contribution is -0.133. The first-order valence-electron chi connectivity index (χ1n) is 9.98. The van der Waals surface area contributed by atoms with Crippen molar-refractivity contribution < 1.29 is 9.59 Å². The van der Waals surface area contributed by atoms with Crippen LogP contribution in [-0.4, -0.2) is 54.3 Å². The minimum atomic E-state index is -0.276. The van der Waals surface area contributed by atoms with E-state index in [2.05, 4.69) is 34.5 Å². The van der Waals surface area contributed by atoms with Gasteiger partial charge in [0.1, 0.15) is 0 Å². The van der Waals surface area contributed by atoms with E-state index in [-0.39, 0.29) is 17.9 Å². The minimum Gasteiger partial charge on any atom is -0.349 e. The Morgan fingerprint density at radius 2 is 1.54 bits per heavy atom. The first-order chi connectivity index (χ1) is 13.6. The highest BCUT2D eigenvalue weighted by Gasteiger charge is 2.24. The number of benzene rings is 2. The summed E-state index contributed by atoms with van der Waals surface area (Å²) >= 11 is 0. The third-order valence-electron chi connectivity index (χ3n) is 5.24. The maximum Gasteiger partial charge on any atom is 0.225 e. The second-order valence-corrected chi connectivity index (χ2v) is 7.33. The maximum absolute atomic E-state index is 12.8. The van der Waals surface area contributed by atoms with Crippen molar-refractivity contribution in [2.45, 2.75) is 25.8 Å². The van der Waals surface area contributed by atoms with Crippen LogP contribution in [0, 0.1) is 0 Å². The Hall–Kier alpha value is -2.66. The quantitative estimate of drug-likeness (QED) is 0.805. The number of hydrogen-bond acceptors (Lipinski definition) is 3. The lowest BCUT2D eigenvalue weighted by Gasteiger charge is -2.35. The Morgan fingerprint density at radius 1 is 0.929 bits per heavy atom. The molecular formula is C23H29N3O2. The summed E-state index contributed by atoms with van der Waals surface area (Å²) < 4.78 is 0. The topological polar surface area (TPSA) is 52.7 Å². The van der Waals surface area contributed by atoms with E-state index in [1.807, 2.05) is 41.3 Å². The second-order valence-electron chi connectivity index (χ2n) is 7.33. The summed E-state index contributed by atoms with van der Waals surface area (Å²) in [7, 11) is 0. The Bertz CT molecular complexity index is 756. The van der Waals surface area contributed by atoms with E-state index in [9.17, 15) is 9.59 Å². The summed E-state index contributed by atoms with van der Waals surface area (Å²) in [6.45, 7) is 5.80. The summed E-state index contributed by atoms with van der Waals surface area (Å²) in [6.07, 6.45) is 1.33. The molecule has 1 aliphatic heterocycles. The van der Waals surface area contributed by atoms with Crippen molar-refractivity contribution in [2.75, 3.05) is 32.7 Å². The Labute approximate surface area is 167 Å².